The van der Waals surface area contributed by atoms with E-state index in [9.17, 15) is 46.1 Å². The Hall–Kier alpha value is -5.35. The number of likely N-dealkylation sites (N-methyl/N-ethyl adjacent to an activating group) is 1. The van der Waals surface area contributed by atoms with Crippen LogP contribution in [0.4, 0.5) is 41.7 Å². The lowest BCUT2D eigenvalue weighted by atomic mass is 10.0. The molecule has 0 saturated heterocycles. The highest BCUT2D eigenvalue weighted by Crippen LogP contribution is 2.37. The SMILES string of the molecule is CC[C@H]1C[C@@H](NC(=O)OCc2ccccc2)C[C@@H]1O.CN(c1ncnc2sc(CC(F)(F)F)cc12)[C@H]1C[C@@H](NC(=O)OCc2ccccc2)C[C@@H]1O.FC(F)(F)Cc1cc2c(Cl)ncnc2s1. The minimum Gasteiger partial charge on any atom is -0.445 e. The summed E-state index contributed by atoms with van der Waals surface area (Å²) in [7, 11) is 1.73. The minimum atomic E-state index is -4.31. The molecular weight excluding hydrogens is 948 g/mol. The highest BCUT2D eigenvalue weighted by atomic mass is 35.5. The molecule has 6 aromatic rings. The molecule has 2 fully saturated rings. The molecule has 13 nitrogen and oxygen atoms in total. The number of nitrogens with zero attached hydrogens (tertiary/aromatic N) is 5. The second-order valence-corrected chi connectivity index (χ2v) is 18.6. The van der Waals surface area contributed by atoms with Gasteiger partial charge in [-0.2, -0.15) is 26.3 Å². The van der Waals surface area contributed by atoms with Crippen LogP contribution in [0.3, 0.4) is 0 Å². The number of fused-ring (bicyclic) bond motifs is 2. The van der Waals surface area contributed by atoms with Crippen LogP contribution in [0.5, 0.6) is 0 Å². The van der Waals surface area contributed by atoms with Crippen LogP contribution in [0, 0.1) is 5.92 Å². The molecule has 0 aliphatic heterocycles. The standard InChI is InChI=1S/C22H23F3N4O3S.C15H21NO3.C8H4ClF3N2S/c1-29(19-16-9-15(10-22(23,24)25)33-20(16)27-12-26-19)17-7-14(8-18(17)30)28-21(31)32-11-13-5-3-2-4-6-13;1-2-12-8-13(9-14(12)17)16-15(18)19-10-11-6-4-3-5-7-11;9-6-5-1-4(2-8(10,11)12)15-7(5)14-3-13-6/h2-6,9,12,14,17-18,30H,7-8,10-11H2,1H3,(H,28,31);3-7,12-14,17H,2,8-10H2,1H3,(H,16,18);1,3H,2H2/t14-,17+,18+;12-,13+,14-;/m10./s1. The monoisotopic (exact) mass is 995 g/mol. The summed E-state index contributed by atoms with van der Waals surface area (Å²) >= 11 is 7.68. The number of hydrogen-bond acceptors (Lipinski definition) is 13. The van der Waals surface area contributed by atoms with Crippen LogP contribution >= 0.6 is 34.3 Å². The van der Waals surface area contributed by atoms with Crippen molar-refractivity contribution in [3.05, 3.63) is 111 Å². The highest BCUT2D eigenvalue weighted by molar-refractivity contribution is 7.19. The molecule has 2 aliphatic carbocycles. The van der Waals surface area contributed by atoms with E-state index in [0.29, 0.717) is 51.4 Å². The van der Waals surface area contributed by atoms with Crippen LogP contribution in [-0.2, 0) is 35.5 Å². The number of benzene rings is 2. The number of carbonyl (C=O) groups excluding carboxylic acids is 2. The fourth-order valence-electron chi connectivity index (χ4n) is 7.83. The lowest BCUT2D eigenvalue weighted by molar-refractivity contribution is -0.127. The molecule has 2 aromatic carbocycles. The first-order valence-corrected chi connectivity index (χ1v) is 23.1. The van der Waals surface area contributed by atoms with Crippen molar-refractivity contribution in [2.45, 2.75) is 108 Å². The fourth-order valence-corrected chi connectivity index (χ4v) is 10.1. The summed E-state index contributed by atoms with van der Waals surface area (Å²) in [4.78, 5) is 42.8. The normalized spacial score (nSPS) is 20.3. The summed E-state index contributed by atoms with van der Waals surface area (Å²) in [6, 6.07) is 21.1. The number of aliphatic hydroxyl groups excluding tert-OH is 2. The Kier molecular flexibility index (Phi) is 17.6. The van der Waals surface area contributed by atoms with Gasteiger partial charge in [-0.05, 0) is 54.9 Å². The van der Waals surface area contributed by atoms with Gasteiger partial charge in [-0.3, -0.25) is 0 Å². The molecule has 0 radical (unpaired) electrons. The first-order chi connectivity index (χ1) is 31.8. The van der Waals surface area contributed by atoms with Crippen LogP contribution in [0.25, 0.3) is 20.4 Å². The third kappa shape index (κ3) is 15.3. The Labute approximate surface area is 394 Å². The Morgan fingerprint density at radius 3 is 1.69 bits per heavy atom. The first-order valence-electron chi connectivity index (χ1n) is 21.1. The first kappa shape index (κ1) is 51.0. The topological polar surface area (TPSA) is 172 Å². The molecule has 0 bridgehead atoms. The number of anilines is 1. The molecule has 0 unspecified atom stereocenters. The number of aromatic nitrogens is 4. The number of alkyl carbamates (subject to hydrolysis) is 2. The van der Waals surface area contributed by atoms with Gasteiger partial charge in [0, 0.05) is 34.3 Å². The maximum absolute atomic E-state index is 12.8. The number of alkyl halides is 6. The van der Waals surface area contributed by atoms with Crippen molar-refractivity contribution in [3.8, 4) is 0 Å². The van der Waals surface area contributed by atoms with Crippen LogP contribution in [-0.4, -0.2) is 92.1 Å². The van der Waals surface area contributed by atoms with E-state index in [4.69, 9.17) is 21.1 Å². The van der Waals surface area contributed by atoms with Crippen molar-refractivity contribution in [2.24, 2.45) is 5.92 Å². The quantitative estimate of drug-likeness (QED) is 0.0719. The van der Waals surface area contributed by atoms with Gasteiger partial charge in [-0.25, -0.2) is 29.5 Å². The average Bonchev–Trinajstić information content (AvgIpc) is 4.06. The minimum absolute atomic E-state index is 0.0308. The lowest BCUT2D eigenvalue weighted by Crippen LogP contribution is -2.39. The largest absolute Gasteiger partial charge is 0.445 e. The van der Waals surface area contributed by atoms with Crippen molar-refractivity contribution in [1.29, 1.82) is 0 Å². The predicted octanol–water partition coefficient (Wildman–Crippen LogP) is 9.96. The summed E-state index contributed by atoms with van der Waals surface area (Å²) in [6.07, 6.45) is -6.83. The number of hydrogen-bond donors (Lipinski definition) is 4. The van der Waals surface area contributed by atoms with E-state index in [1.165, 1.54) is 24.8 Å². The summed E-state index contributed by atoms with van der Waals surface area (Å²) in [6.45, 7) is 2.48. The number of halogens is 7. The van der Waals surface area contributed by atoms with Gasteiger partial charge in [0.25, 0.3) is 0 Å². The van der Waals surface area contributed by atoms with Crippen molar-refractivity contribution in [3.63, 3.8) is 0 Å². The molecule has 4 N–H and O–H groups in total. The second kappa shape index (κ2) is 23.1. The number of carbonyl (C=O) groups is 2. The van der Waals surface area contributed by atoms with Gasteiger partial charge in [0.1, 0.15) is 46.5 Å². The summed E-state index contributed by atoms with van der Waals surface area (Å²) < 4.78 is 85.2. The van der Waals surface area contributed by atoms with Crippen molar-refractivity contribution in [2.75, 3.05) is 11.9 Å². The molecule has 2 amide bonds. The van der Waals surface area contributed by atoms with E-state index in [1.54, 1.807) is 11.9 Å². The fraction of sp³-hybridized carbons (Fsp3) is 0.422. The molecule has 2 aliphatic rings. The third-order valence-electron chi connectivity index (χ3n) is 11.0. The summed E-state index contributed by atoms with van der Waals surface area (Å²) in [5.41, 5.74) is 1.83. The Bertz CT molecular complexity index is 2540. The number of rotatable bonds is 11. The number of nitrogens with one attached hydrogen (secondary N) is 2. The molecule has 4 aromatic heterocycles. The van der Waals surface area contributed by atoms with Crippen molar-refractivity contribution in [1.82, 2.24) is 30.6 Å². The van der Waals surface area contributed by atoms with E-state index >= 15 is 0 Å². The molecule has 22 heteroatoms. The van der Waals surface area contributed by atoms with Gasteiger partial charge < -0.3 is 35.2 Å². The molecule has 0 spiro atoms. The number of thiophene rings is 2. The van der Waals surface area contributed by atoms with Crippen LogP contribution in [0.2, 0.25) is 5.15 Å². The van der Waals surface area contributed by atoms with E-state index in [-0.39, 0.29) is 52.4 Å². The van der Waals surface area contributed by atoms with E-state index in [2.05, 4.69) is 37.5 Å². The Morgan fingerprint density at radius 2 is 1.19 bits per heavy atom. The number of amides is 2. The molecule has 360 valence electrons. The van der Waals surface area contributed by atoms with E-state index < -0.39 is 43.5 Å². The zero-order valence-corrected chi connectivity index (χ0v) is 38.5. The van der Waals surface area contributed by atoms with Gasteiger partial charge in [0.2, 0.25) is 0 Å². The maximum Gasteiger partial charge on any atom is 0.407 e. The molecule has 6 atom stereocenters. The highest BCUT2D eigenvalue weighted by Gasteiger charge is 2.38. The smallest absolute Gasteiger partial charge is 0.407 e. The Balaban J connectivity index is 0.000000183. The van der Waals surface area contributed by atoms with Crippen LogP contribution in [0.15, 0.2) is 85.5 Å². The molecule has 2 saturated carbocycles. The summed E-state index contributed by atoms with van der Waals surface area (Å²) in [5.74, 6) is 0.737. The zero-order chi connectivity index (χ0) is 48.3. The van der Waals surface area contributed by atoms with Gasteiger partial charge >= 0.3 is 24.5 Å². The maximum atomic E-state index is 12.8. The number of ether oxygens (including phenoxy) is 2. The van der Waals surface area contributed by atoms with E-state index in [1.807, 2.05) is 60.7 Å². The predicted molar refractivity (Wildman–Crippen MR) is 243 cm³/mol. The van der Waals surface area contributed by atoms with Gasteiger partial charge in [0.15, 0.2) is 0 Å². The van der Waals surface area contributed by atoms with Crippen molar-refractivity contribution >= 4 is 72.7 Å². The third-order valence-corrected chi connectivity index (χ3v) is 13.4. The molecule has 67 heavy (non-hydrogen) atoms. The average molecular weight is 996 g/mol. The number of aliphatic hydroxyl groups is 2. The second-order valence-electron chi connectivity index (χ2n) is 16.0. The lowest BCUT2D eigenvalue weighted by Gasteiger charge is -2.28. The molecule has 4 heterocycles. The molecule has 8 rings (SSSR count). The van der Waals surface area contributed by atoms with Gasteiger partial charge in [-0.15, -0.1) is 22.7 Å². The zero-order valence-electron chi connectivity index (χ0n) is 36.1. The Morgan fingerprint density at radius 1 is 0.716 bits per heavy atom. The van der Waals surface area contributed by atoms with Gasteiger partial charge in [0.05, 0.1) is 36.5 Å². The van der Waals surface area contributed by atoms with Gasteiger partial charge in [-0.1, -0.05) is 85.6 Å². The van der Waals surface area contributed by atoms with Crippen LogP contribution in [0.1, 0.15) is 59.9 Å². The summed E-state index contributed by atoms with van der Waals surface area (Å²) in [5, 5.41) is 27.2. The van der Waals surface area contributed by atoms with Crippen molar-refractivity contribution < 1.29 is 55.6 Å². The van der Waals surface area contributed by atoms with E-state index in [0.717, 1.165) is 46.6 Å². The molecular formula is C45H48ClF6N7O6S2. The van der Waals surface area contributed by atoms with Crippen LogP contribution < -0.4 is 15.5 Å².